The lowest BCUT2D eigenvalue weighted by atomic mass is 10.2. The van der Waals surface area contributed by atoms with Crippen LogP contribution in [0.3, 0.4) is 0 Å². The molecular weight excluding hydrogens is 532 g/mol. The lowest BCUT2D eigenvalue weighted by molar-refractivity contribution is 0.0985. The summed E-state index contributed by atoms with van der Waals surface area (Å²) in [5.74, 6) is 0.221. The molecule has 8 nitrogen and oxygen atoms in total. The third-order valence-electron chi connectivity index (χ3n) is 5.84. The number of benzene rings is 2. The molecule has 0 radical (unpaired) electrons. The SMILES string of the molecule is CCCCN(C)S(=O)(=O)c1ccc(C(=O)N(Cc2cccnc2)c2nc3c(OC)ccc(Cl)c3s2)cc1. The monoisotopic (exact) mass is 558 g/mol. The van der Waals surface area contributed by atoms with E-state index in [1.165, 1.54) is 44.8 Å². The van der Waals surface area contributed by atoms with Crippen molar-refractivity contribution < 1.29 is 17.9 Å². The van der Waals surface area contributed by atoms with Gasteiger partial charge in [0.05, 0.1) is 28.3 Å². The third kappa shape index (κ3) is 5.77. The fourth-order valence-electron chi connectivity index (χ4n) is 3.73. The second-order valence-corrected chi connectivity index (χ2v) is 11.8. The normalized spacial score (nSPS) is 11.7. The first kappa shape index (κ1) is 27.0. The second kappa shape index (κ2) is 11.6. The van der Waals surface area contributed by atoms with E-state index in [-0.39, 0.29) is 17.3 Å². The Morgan fingerprint density at radius 2 is 1.89 bits per heavy atom. The van der Waals surface area contributed by atoms with E-state index < -0.39 is 10.0 Å². The molecule has 4 aromatic rings. The molecule has 11 heteroatoms. The van der Waals surface area contributed by atoms with E-state index in [1.54, 1.807) is 44.8 Å². The van der Waals surface area contributed by atoms with Crippen LogP contribution in [0.4, 0.5) is 5.13 Å². The number of ether oxygens (including phenoxy) is 1. The zero-order valence-electron chi connectivity index (χ0n) is 20.7. The number of hydrogen-bond acceptors (Lipinski definition) is 7. The molecule has 2 heterocycles. The number of methoxy groups -OCH3 is 1. The van der Waals surface area contributed by atoms with Crippen LogP contribution >= 0.6 is 22.9 Å². The van der Waals surface area contributed by atoms with E-state index in [2.05, 4.69) is 9.97 Å². The molecule has 37 heavy (non-hydrogen) atoms. The summed E-state index contributed by atoms with van der Waals surface area (Å²) in [4.78, 5) is 24.3. The van der Waals surface area contributed by atoms with Crippen LogP contribution in [0.1, 0.15) is 35.7 Å². The fourth-order valence-corrected chi connectivity index (χ4v) is 6.19. The van der Waals surface area contributed by atoms with Gasteiger partial charge in [-0.1, -0.05) is 42.3 Å². The van der Waals surface area contributed by atoms with Gasteiger partial charge in [-0.15, -0.1) is 0 Å². The Labute approximate surface area is 225 Å². The minimum absolute atomic E-state index is 0.137. The number of fused-ring (bicyclic) bond motifs is 1. The highest BCUT2D eigenvalue weighted by Crippen LogP contribution is 2.39. The number of amides is 1. The highest BCUT2D eigenvalue weighted by molar-refractivity contribution is 7.89. The van der Waals surface area contributed by atoms with Crippen molar-refractivity contribution in [3.05, 3.63) is 77.1 Å². The van der Waals surface area contributed by atoms with Crippen LogP contribution in [0.15, 0.2) is 65.8 Å². The Kier molecular flexibility index (Phi) is 8.43. The molecule has 0 saturated heterocycles. The zero-order valence-corrected chi connectivity index (χ0v) is 23.1. The molecule has 0 fully saturated rings. The summed E-state index contributed by atoms with van der Waals surface area (Å²) < 4.78 is 33.3. The van der Waals surface area contributed by atoms with Crippen LogP contribution in [0.2, 0.25) is 5.02 Å². The van der Waals surface area contributed by atoms with Crippen molar-refractivity contribution in [1.29, 1.82) is 0 Å². The van der Waals surface area contributed by atoms with Gasteiger partial charge in [0, 0.05) is 31.5 Å². The number of hydrogen-bond donors (Lipinski definition) is 0. The Hall–Kier alpha value is -3.05. The molecule has 1 amide bonds. The molecule has 0 spiro atoms. The number of sulfonamides is 1. The van der Waals surface area contributed by atoms with E-state index in [4.69, 9.17) is 16.3 Å². The van der Waals surface area contributed by atoms with Crippen LogP contribution < -0.4 is 9.64 Å². The van der Waals surface area contributed by atoms with Crippen LogP contribution in [0.25, 0.3) is 10.2 Å². The molecule has 0 aliphatic heterocycles. The van der Waals surface area contributed by atoms with Crippen molar-refractivity contribution in [2.45, 2.75) is 31.2 Å². The predicted molar refractivity (Wildman–Crippen MR) is 147 cm³/mol. The molecule has 0 aliphatic carbocycles. The van der Waals surface area contributed by atoms with Gasteiger partial charge in [-0.25, -0.2) is 17.7 Å². The van der Waals surface area contributed by atoms with Crippen molar-refractivity contribution >= 4 is 54.2 Å². The van der Waals surface area contributed by atoms with Crippen LogP contribution in [0, 0.1) is 0 Å². The number of thiazole rings is 1. The highest BCUT2D eigenvalue weighted by Gasteiger charge is 2.25. The quantitative estimate of drug-likeness (QED) is 0.251. The largest absolute Gasteiger partial charge is 0.494 e. The van der Waals surface area contributed by atoms with Crippen LogP contribution in [0.5, 0.6) is 5.75 Å². The van der Waals surface area contributed by atoms with E-state index in [0.29, 0.717) is 38.2 Å². The summed E-state index contributed by atoms with van der Waals surface area (Å²) in [5.41, 5.74) is 1.71. The van der Waals surface area contributed by atoms with Gasteiger partial charge in [0.25, 0.3) is 5.91 Å². The van der Waals surface area contributed by atoms with Gasteiger partial charge in [-0.2, -0.15) is 0 Å². The lowest BCUT2D eigenvalue weighted by Gasteiger charge is -2.20. The Morgan fingerprint density at radius 1 is 1.14 bits per heavy atom. The Bertz CT molecular complexity index is 1490. The predicted octanol–water partition coefficient (Wildman–Crippen LogP) is 5.62. The standard InChI is InChI=1S/C26H27ClN4O4S2/c1-4-5-15-30(2)37(33,34)20-10-8-19(9-11-20)25(32)31(17-18-7-6-14-28-16-18)26-29-23-22(35-3)13-12-21(27)24(23)36-26/h6-14,16H,4-5,15,17H2,1-3H3. The molecular formula is C26H27ClN4O4S2. The molecule has 0 saturated carbocycles. The van der Waals surface area contributed by atoms with Crippen molar-refractivity contribution in [3.63, 3.8) is 0 Å². The minimum Gasteiger partial charge on any atom is -0.494 e. The number of rotatable bonds is 10. The lowest BCUT2D eigenvalue weighted by Crippen LogP contribution is -2.31. The van der Waals surface area contributed by atoms with Gasteiger partial charge in [-0.05, 0) is 54.4 Å². The van der Waals surface area contributed by atoms with Gasteiger partial charge < -0.3 is 4.74 Å². The van der Waals surface area contributed by atoms with Crippen molar-refractivity contribution in [1.82, 2.24) is 14.3 Å². The Balaban J connectivity index is 1.71. The Morgan fingerprint density at radius 3 is 2.54 bits per heavy atom. The second-order valence-electron chi connectivity index (χ2n) is 8.38. The number of halogens is 1. The van der Waals surface area contributed by atoms with Crippen molar-refractivity contribution in [2.24, 2.45) is 0 Å². The summed E-state index contributed by atoms with van der Waals surface area (Å²) in [6.07, 6.45) is 5.01. The molecule has 2 aromatic carbocycles. The van der Waals surface area contributed by atoms with Gasteiger partial charge in [0.15, 0.2) is 5.13 Å². The number of anilines is 1. The van der Waals surface area contributed by atoms with E-state index in [0.717, 1.165) is 18.4 Å². The fraction of sp³-hybridized carbons (Fsp3) is 0.269. The number of carbonyl (C=O) groups is 1. The molecule has 0 atom stereocenters. The highest BCUT2D eigenvalue weighted by atomic mass is 35.5. The molecule has 4 rings (SSSR count). The summed E-state index contributed by atoms with van der Waals surface area (Å²) in [7, 11) is -0.530. The molecule has 0 bridgehead atoms. The molecule has 2 aromatic heterocycles. The maximum atomic E-state index is 13.8. The first-order valence-electron chi connectivity index (χ1n) is 11.7. The number of nitrogens with zero attached hydrogens (tertiary/aromatic N) is 4. The van der Waals surface area contributed by atoms with E-state index in [9.17, 15) is 13.2 Å². The topological polar surface area (TPSA) is 92.7 Å². The van der Waals surface area contributed by atoms with Gasteiger partial charge in [0.2, 0.25) is 10.0 Å². The van der Waals surface area contributed by atoms with Crippen molar-refractivity contribution in [3.8, 4) is 5.75 Å². The molecule has 0 aliphatic rings. The van der Waals surface area contributed by atoms with Crippen LogP contribution in [-0.2, 0) is 16.6 Å². The summed E-state index contributed by atoms with van der Waals surface area (Å²) in [6, 6.07) is 13.1. The van der Waals surface area contributed by atoms with Gasteiger partial charge >= 0.3 is 0 Å². The number of aromatic nitrogens is 2. The first-order chi connectivity index (χ1) is 17.8. The zero-order chi connectivity index (χ0) is 26.6. The minimum atomic E-state index is -3.64. The van der Waals surface area contributed by atoms with Crippen molar-refractivity contribution in [2.75, 3.05) is 25.6 Å². The number of carbonyl (C=O) groups excluding carboxylic acids is 1. The third-order valence-corrected chi connectivity index (χ3v) is 9.25. The average Bonchev–Trinajstić information content (AvgIpc) is 3.37. The summed E-state index contributed by atoms with van der Waals surface area (Å²) >= 11 is 7.70. The summed E-state index contributed by atoms with van der Waals surface area (Å²) in [6.45, 7) is 2.65. The molecule has 0 unspecified atom stereocenters. The molecule has 0 N–H and O–H groups in total. The number of unbranched alkanes of at least 4 members (excludes halogenated alkanes) is 1. The molecule has 194 valence electrons. The smallest absolute Gasteiger partial charge is 0.260 e. The summed E-state index contributed by atoms with van der Waals surface area (Å²) in [5, 5.41) is 0.946. The number of pyridine rings is 1. The maximum Gasteiger partial charge on any atom is 0.260 e. The van der Waals surface area contributed by atoms with E-state index in [1.807, 2.05) is 13.0 Å². The maximum absolute atomic E-state index is 13.8. The van der Waals surface area contributed by atoms with Gasteiger partial charge in [0.1, 0.15) is 11.3 Å². The average molecular weight is 559 g/mol. The van der Waals surface area contributed by atoms with Crippen LogP contribution in [-0.4, -0.2) is 49.3 Å². The van der Waals surface area contributed by atoms with E-state index >= 15 is 0 Å². The van der Waals surface area contributed by atoms with Gasteiger partial charge in [-0.3, -0.25) is 14.7 Å². The first-order valence-corrected chi connectivity index (χ1v) is 14.3.